The summed E-state index contributed by atoms with van der Waals surface area (Å²) in [7, 11) is 0. The molecule has 0 bridgehead atoms. The van der Waals surface area contributed by atoms with Gasteiger partial charge in [0.2, 0.25) is 11.1 Å². The summed E-state index contributed by atoms with van der Waals surface area (Å²) in [5, 5.41) is 34.4. The number of carboxylic acid groups (broad SMARTS) is 1. The van der Waals surface area contributed by atoms with Gasteiger partial charge in [-0.05, 0) is 34.4 Å². The lowest BCUT2D eigenvalue weighted by molar-refractivity contribution is -0.151. The second kappa shape index (κ2) is 12.4. The Kier molecular flexibility index (Phi) is 9.01. The van der Waals surface area contributed by atoms with Crippen molar-refractivity contribution in [2.24, 2.45) is 5.73 Å². The molecule has 1 fully saturated rings. The number of tetrazole rings is 1. The van der Waals surface area contributed by atoms with E-state index >= 15 is 0 Å². The first kappa shape index (κ1) is 27.6. The van der Waals surface area contributed by atoms with Crippen LogP contribution in [0.4, 0.5) is 0 Å². The second-order valence-corrected chi connectivity index (χ2v) is 10.8. The Labute approximate surface area is 226 Å². The van der Waals surface area contributed by atoms with Crippen molar-refractivity contribution in [3.8, 4) is 0 Å². The molecule has 15 heteroatoms. The number of β-lactam (4-membered cyclic amide) rings is 1. The van der Waals surface area contributed by atoms with Gasteiger partial charge in [-0.25, -0.2) is 9.48 Å². The van der Waals surface area contributed by atoms with Crippen LogP contribution in [0.25, 0.3) is 0 Å². The molecule has 3 atom stereocenters. The molecule has 4 rings (SSSR count). The average Bonchev–Trinajstić information content (AvgIpc) is 3.36. The Morgan fingerprint density at radius 1 is 1.21 bits per heavy atom. The quantitative estimate of drug-likeness (QED) is 0.149. The molecule has 202 valence electrons. The Morgan fingerprint density at radius 3 is 2.68 bits per heavy atom. The lowest BCUT2D eigenvalue weighted by Crippen LogP contribution is -2.70. The third-order valence-electron chi connectivity index (χ3n) is 6.08. The molecule has 0 saturated carbocycles. The number of carboxylic acids is 1. The number of nitrogens with one attached hydrogen (secondary N) is 1. The number of aliphatic hydroxyl groups excluding tert-OH is 1. The van der Waals surface area contributed by atoms with Crippen LogP contribution in [-0.4, -0.2) is 81.9 Å². The smallest absolute Gasteiger partial charge is 0.352 e. The molecule has 5 N–H and O–H groups in total. The van der Waals surface area contributed by atoms with Gasteiger partial charge in [-0.2, -0.15) is 0 Å². The van der Waals surface area contributed by atoms with Crippen LogP contribution in [0.2, 0.25) is 0 Å². The molecule has 3 heterocycles. The highest BCUT2D eigenvalue weighted by atomic mass is 32.2. The summed E-state index contributed by atoms with van der Waals surface area (Å²) in [6, 6.07) is 7.40. The number of aliphatic hydroxyl groups is 1. The number of hydrogen-bond donors (Lipinski definition) is 4. The van der Waals surface area contributed by atoms with Crippen molar-refractivity contribution in [2.45, 2.75) is 54.9 Å². The van der Waals surface area contributed by atoms with Crippen LogP contribution < -0.4 is 11.1 Å². The molecule has 1 aromatic carbocycles. The van der Waals surface area contributed by atoms with Crippen molar-refractivity contribution in [3.63, 3.8) is 0 Å². The van der Waals surface area contributed by atoms with Crippen molar-refractivity contribution in [1.82, 2.24) is 30.4 Å². The topological polar surface area (TPSA) is 194 Å². The summed E-state index contributed by atoms with van der Waals surface area (Å²) < 4.78 is 1.62. The first-order chi connectivity index (χ1) is 18.3. The second-order valence-electron chi connectivity index (χ2n) is 8.72. The number of unbranched alkanes of at least 4 members (excludes halogenated alkanes) is 2. The fraction of sp³-hybridized carbons (Fsp3) is 0.435. The van der Waals surface area contributed by atoms with Crippen molar-refractivity contribution < 1.29 is 29.4 Å². The maximum atomic E-state index is 12.9. The summed E-state index contributed by atoms with van der Waals surface area (Å²) in [5.74, 6) is -2.24. The summed E-state index contributed by atoms with van der Waals surface area (Å²) in [4.78, 5) is 49.6. The van der Waals surface area contributed by atoms with E-state index in [2.05, 4.69) is 20.8 Å². The fourth-order valence-corrected chi connectivity index (χ4v) is 6.53. The predicted octanol–water partition coefficient (Wildman–Crippen LogP) is 0.283. The van der Waals surface area contributed by atoms with Crippen LogP contribution in [0.1, 0.15) is 37.4 Å². The van der Waals surface area contributed by atoms with Gasteiger partial charge in [0.15, 0.2) is 6.10 Å². The monoisotopic (exact) mass is 561 g/mol. The van der Waals surface area contributed by atoms with E-state index in [0.29, 0.717) is 41.4 Å². The lowest BCUT2D eigenvalue weighted by atomic mass is 10.0. The highest BCUT2D eigenvalue weighted by Crippen LogP contribution is 2.41. The molecule has 0 aliphatic carbocycles. The largest absolute Gasteiger partial charge is 0.477 e. The molecule has 3 amide bonds. The highest BCUT2D eigenvalue weighted by molar-refractivity contribution is 8.01. The Morgan fingerprint density at radius 2 is 1.97 bits per heavy atom. The van der Waals surface area contributed by atoms with Crippen LogP contribution in [0, 0.1) is 0 Å². The zero-order valence-corrected chi connectivity index (χ0v) is 21.9. The van der Waals surface area contributed by atoms with Crippen LogP contribution in [0.15, 0.2) is 46.8 Å². The zero-order chi connectivity index (χ0) is 27.2. The van der Waals surface area contributed by atoms with Crippen LogP contribution in [0.3, 0.4) is 0 Å². The minimum absolute atomic E-state index is 0.106. The van der Waals surface area contributed by atoms with Gasteiger partial charge in [0, 0.05) is 24.5 Å². The summed E-state index contributed by atoms with van der Waals surface area (Å²) in [6.45, 7) is 0.538. The number of primary amides is 1. The van der Waals surface area contributed by atoms with Crippen molar-refractivity contribution in [1.29, 1.82) is 0 Å². The number of carbonyl (C=O) groups is 4. The number of benzene rings is 1. The van der Waals surface area contributed by atoms with Gasteiger partial charge in [-0.15, -0.1) is 16.9 Å². The molecule has 2 aromatic rings. The molecular formula is C23H27N7O6S2. The van der Waals surface area contributed by atoms with E-state index in [0.717, 1.165) is 12.8 Å². The normalized spacial score (nSPS) is 19.5. The molecule has 38 heavy (non-hydrogen) atoms. The number of nitrogens with zero attached hydrogens (tertiary/aromatic N) is 5. The molecule has 0 radical (unpaired) electrons. The lowest BCUT2D eigenvalue weighted by Gasteiger charge is -2.49. The van der Waals surface area contributed by atoms with E-state index in [1.807, 2.05) is 0 Å². The Balaban J connectivity index is 1.36. The maximum absolute atomic E-state index is 12.9. The van der Waals surface area contributed by atoms with Crippen LogP contribution in [0.5, 0.6) is 0 Å². The number of amides is 3. The Bertz CT molecular complexity index is 1240. The summed E-state index contributed by atoms with van der Waals surface area (Å²) >= 11 is 2.61. The minimum Gasteiger partial charge on any atom is -0.477 e. The number of aromatic nitrogens is 4. The van der Waals surface area contributed by atoms with Gasteiger partial charge in [-0.3, -0.25) is 19.3 Å². The number of thioether (sulfide) groups is 2. The van der Waals surface area contributed by atoms with Gasteiger partial charge in [0.05, 0.1) is 0 Å². The molecule has 0 spiro atoms. The van der Waals surface area contributed by atoms with E-state index in [-0.39, 0.29) is 17.4 Å². The average molecular weight is 562 g/mol. The van der Waals surface area contributed by atoms with E-state index in [4.69, 9.17) is 5.73 Å². The first-order valence-corrected chi connectivity index (χ1v) is 13.9. The molecule has 1 saturated heterocycles. The molecule has 13 nitrogen and oxygen atoms in total. The van der Waals surface area contributed by atoms with Crippen molar-refractivity contribution in [3.05, 3.63) is 47.2 Å². The summed E-state index contributed by atoms with van der Waals surface area (Å²) in [5.41, 5.74) is 5.98. The van der Waals surface area contributed by atoms with E-state index in [1.165, 1.54) is 28.4 Å². The zero-order valence-electron chi connectivity index (χ0n) is 20.2. The molecular weight excluding hydrogens is 534 g/mol. The number of nitrogens with two attached hydrogens (primary N) is 1. The van der Waals surface area contributed by atoms with E-state index in [1.54, 1.807) is 35.0 Å². The van der Waals surface area contributed by atoms with Crippen LogP contribution in [-0.2, 0) is 25.7 Å². The van der Waals surface area contributed by atoms with Gasteiger partial charge >= 0.3 is 5.97 Å². The Hall–Kier alpha value is -3.43. The fourth-order valence-electron chi connectivity index (χ4n) is 4.14. The molecule has 2 aliphatic rings. The third-order valence-corrected chi connectivity index (χ3v) is 8.46. The molecule has 2 aliphatic heterocycles. The predicted molar refractivity (Wildman–Crippen MR) is 137 cm³/mol. The minimum atomic E-state index is -1.44. The molecule has 2 unspecified atom stereocenters. The van der Waals surface area contributed by atoms with Gasteiger partial charge in [-0.1, -0.05) is 48.5 Å². The van der Waals surface area contributed by atoms with E-state index < -0.39 is 35.3 Å². The highest BCUT2D eigenvalue weighted by Gasteiger charge is 2.54. The van der Waals surface area contributed by atoms with Gasteiger partial charge in [0.25, 0.3) is 11.8 Å². The number of aliphatic carboxylic acids is 1. The van der Waals surface area contributed by atoms with E-state index in [9.17, 15) is 29.4 Å². The van der Waals surface area contributed by atoms with Gasteiger partial charge < -0.3 is 21.3 Å². The molecule has 1 aromatic heterocycles. The number of rotatable bonds is 13. The third kappa shape index (κ3) is 6.16. The number of aryl methyl sites for hydroxylation is 1. The van der Waals surface area contributed by atoms with Gasteiger partial charge in [0.1, 0.15) is 17.1 Å². The van der Waals surface area contributed by atoms with Crippen LogP contribution >= 0.6 is 23.5 Å². The standard InChI is InChI=1S/C23H27N7O6S2/c24-15(31)9-5-2-6-10-29-23(26-27-28-29)38-12-14-11-37-21-16(20(34)30(21)17(14)22(35)36)25-19(33)18(32)13-7-3-1-4-8-13/h1,3-4,7-8,16,18,21,32H,2,5-6,9-12H2,(H2,24,31)(H,25,33)(H,35,36)/t16?,18?,21-/m1/s1. The maximum Gasteiger partial charge on any atom is 0.352 e. The number of fused-ring (bicyclic) bond motifs is 1. The SMILES string of the molecule is NC(=O)CCCCCn1nnnc1SCC1=C(C(=O)O)N2C(=O)C(NC(=O)C(O)c3ccccc3)[C@H]2SC1. The summed E-state index contributed by atoms with van der Waals surface area (Å²) in [6.07, 6.45) is 1.11. The van der Waals surface area contributed by atoms with Crippen molar-refractivity contribution >= 4 is 47.2 Å². The number of hydrogen-bond acceptors (Lipinski definition) is 10. The first-order valence-electron chi connectivity index (χ1n) is 11.9. The van der Waals surface area contributed by atoms with Crippen molar-refractivity contribution in [2.75, 3.05) is 11.5 Å². The number of carbonyl (C=O) groups excluding carboxylic acids is 3.